The summed E-state index contributed by atoms with van der Waals surface area (Å²) in [7, 11) is -0.518. The van der Waals surface area contributed by atoms with Gasteiger partial charge in [0.15, 0.2) is 0 Å². The van der Waals surface area contributed by atoms with Gasteiger partial charge in [-0.25, -0.2) is 8.42 Å². The van der Waals surface area contributed by atoms with E-state index in [0.717, 1.165) is 5.56 Å². The Morgan fingerprint density at radius 1 is 0.939 bits per heavy atom. The van der Waals surface area contributed by atoms with Crippen molar-refractivity contribution in [2.24, 2.45) is 0 Å². The van der Waals surface area contributed by atoms with Crippen molar-refractivity contribution in [1.29, 1.82) is 0 Å². The number of ether oxygens (including phenoxy) is 1. The van der Waals surface area contributed by atoms with Crippen molar-refractivity contribution < 1.29 is 17.9 Å². The topological polar surface area (TPSA) is 66.9 Å². The number of carbonyl (C=O) groups is 1. The molecule has 0 aliphatic heterocycles. The van der Waals surface area contributed by atoms with Crippen LogP contribution < -0.4 is 4.74 Å². The molecule has 8 heteroatoms. The first-order valence-electron chi connectivity index (χ1n) is 10.5. The summed E-state index contributed by atoms with van der Waals surface area (Å²) >= 11 is 5.89. The molecule has 0 fully saturated rings. The summed E-state index contributed by atoms with van der Waals surface area (Å²) in [5.74, 6) is 0.379. The number of sulfonamides is 1. The molecule has 0 saturated heterocycles. The van der Waals surface area contributed by atoms with Crippen LogP contribution in [0, 0.1) is 0 Å². The molecule has 0 N–H and O–H groups in total. The number of amides is 1. The second-order valence-electron chi connectivity index (χ2n) is 7.62. The highest BCUT2D eigenvalue weighted by atomic mass is 35.5. The molecule has 0 atom stereocenters. The van der Waals surface area contributed by atoms with Crippen LogP contribution in [-0.2, 0) is 23.1 Å². The Hall–Kier alpha value is -2.87. The number of benzene rings is 3. The van der Waals surface area contributed by atoms with Crippen LogP contribution in [0.1, 0.15) is 28.4 Å². The molecule has 1 amide bonds. The van der Waals surface area contributed by atoms with Crippen molar-refractivity contribution in [3.05, 3.63) is 94.5 Å². The fourth-order valence-electron chi connectivity index (χ4n) is 3.39. The van der Waals surface area contributed by atoms with Crippen molar-refractivity contribution >= 4 is 27.5 Å². The second-order valence-corrected chi connectivity index (χ2v) is 10.1. The molecule has 0 unspecified atom stereocenters. The molecule has 0 saturated carbocycles. The van der Waals surface area contributed by atoms with E-state index in [9.17, 15) is 13.2 Å². The summed E-state index contributed by atoms with van der Waals surface area (Å²) in [6, 6.07) is 20.8. The summed E-state index contributed by atoms with van der Waals surface area (Å²) in [5.41, 5.74) is 2.09. The Kier molecular flexibility index (Phi) is 8.13. The van der Waals surface area contributed by atoms with Crippen LogP contribution in [0.15, 0.2) is 77.7 Å². The Morgan fingerprint density at radius 3 is 2.24 bits per heavy atom. The van der Waals surface area contributed by atoms with E-state index in [1.165, 1.54) is 35.6 Å². The highest BCUT2D eigenvalue weighted by molar-refractivity contribution is 7.89. The Bertz CT molecular complexity index is 1200. The number of rotatable bonds is 9. The van der Waals surface area contributed by atoms with Crippen molar-refractivity contribution in [2.75, 3.05) is 20.7 Å². The van der Waals surface area contributed by atoms with Gasteiger partial charge in [-0.1, -0.05) is 41.9 Å². The number of carbonyl (C=O) groups excluding carboxylic acids is 1. The minimum Gasteiger partial charge on any atom is -0.494 e. The zero-order chi connectivity index (χ0) is 24.0. The summed E-state index contributed by atoms with van der Waals surface area (Å²) in [5, 5.41) is 0.459. The monoisotopic (exact) mass is 486 g/mol. The predicted octanol–water partition coefficient (Wildman–Crippen LogP) is 4.83. The molecule has 3 rings (SSSR count). The quantitative estimate of drug-likeness (QED) is 0.434. The van der Waals surface area contributed by atoms with E-state index in [0.29, 0.717) is 35.1 Å². The summed E-state index contributed by atoms with van der Waals surface area (Å²) in [6.45, 7) is 2.78. The van der Waals surface area contributed by atoms with Gasteiger partial charge < -0.3 is 9.64 Å². The van der Waals surface area contributed by atoms with E-state index in [2.05, 4.69) is 0 Å². The van der Waals surface area contributed by atoms with E-state index in [4.69, 9.17) is 16.3 Å². The van der Waals surface area contributed by atoms with Crippen LogP contribution in [0.5, 0.6) is 5.75 Å². The van der Waals surface area contributed by atoms with E-state index >= 15 is 0 Å². The largest absolute Gasteiger partial charge is 0.494 e. The lowest BCUT2D eigenvalue weighted by Crippen LogP contribution is -2.28. The molecule has 0 heterocycles. The molecule has 0 bridgehead atoms. The lowest BCUT2D eigenvalue weighted by atomic mass is 10.1. The lowest BCUT2D eigenvalue weighted by Gasteiger charge is -2.21. The van der Waals surface area contributed by atoms with E-state index < -0.39 is 10.0 Å². The summed E-state index contributed by atoms with van der Waals surface area (Å²) in [4.78, 5) is 14.8. The Balaban J connectivity index is 1.85. The van der Waals surface area contributed by atoms with Gasteiger partial charge in [0.25, 0.3) is 5.91 Å². The molecule has 174 valence electrons. The number of hydrogen-bond acceptors (Lipinski definition) is 4. The first-order valence-corrected chi connectivity index (χ1v) is 12.3. The van der Waals surface area contributed by atoms with Gasteiger partial charge in [0.2, 0.25) is 10.0 Å². The molecule has 0 aliphatic carbocycles. The molecule has 0 radical (unpaired) electrons. The smallest absolute Gasteiger partial charge is 0.253 e. The highest BCUT2D eigenvalue weighted by Crippen LogP contribution is 2.26. The SMILES string of the molecule is CCOc1ccc(C(=O)N(C)Cc2ccccc2)cc1CN(C)S(=O)(=O)c1ccc(Cl)cc1. The molecular formula is C25H27ClN2O4S. The number of halogens is 1. The molecule has 0 aromatic heterocycles. The lowest BCUT2D eigenvalue weighted by molar-refractivity contribution is 0.0785. The van der Waals surface area contributed by atoms with Crippen LogP contribution >= 0.6 is 11.6 Å². The molecule has 33 heavy (non-hydrogen) atoms. The maximum Gasteiger partial charge on any atom is 0.253 e. The number of nitrogens with zero attached hydrogens (tertiary/aromatic N) is 2. The predicted molar refractivity (Wildman–Crippen MR) is 130 cm³/mol. The zero-order valence-electron chi connectivity index (χ0n) is 18.9. The van der Waals surface area contributed by atoms with Gasteiger partial charge in [0.1, 0.15) is 5.75 Å². The van der Waals surface area contributed by atoms with Gasteiger partial charge in [-0.15, -0.1) is 0 Å². The van der Waals surface area contributed by atoms with Gasteiger partial charge >= 0.3 is 0 Å². The maximum atomic E-state index is 13.0. The van der Waals surface area contributed by atoms with E-state index in [1.54, 1.807) is 30.1 Å². The standard InChI is InChI=1S/C25H27ClN2O4S/c1-4-32-24-15-10-20(25(29)27(2)17-19-8-6-5-7-9-19)16-21(24)18-28(3)33(30,31)23-13-11-22(26)12-14-23/h5-16H,4,17-18H2,1-3H3. The van der Waals surface area contributed by atoms with Gasteiger partial charge in [-0.3, -0.25) is 4.79 Å². The molecule has 0 spiro atoms. The van der Waals surface area contributed by atoms with Crippen molar-refractivity contribution in [3.63, 3.8) is 0 Å². The average molecular weight is 487 g/mol. The number of hydrogen-bond donors (Lipinski definition) is 0. The third-order valence-corrected chi connectivity index (χ3v) is 7.20. The summed E-state index contributed by atoms with van der Waals surface area (Å²) < 4.78 is 33.0. The van der Waals surface area contributed by atoms with Gasteiger partial charge in [0.05, 0.1) is 11.5 Å². The van der Waals surface area contributed by atoms with E-state index in [1.807, 2.05) is 37.3 Å². The highest BCUT2D eigenvalue weighted by Gasteiger charge is 2.23. The third kappa shape index (κ3) is 6.13. The fourth-order valence-corrected chi connectivity index (χ4v) is 4.67. The van der Waals surface area contributed by atoms with Crippen LogP contribution in [0.2, 0.25) is 5.02 Å². The summed E-state index contributed by atoms with van der Waals surface area (Å²) in [6.07, 6.45) is 0. The molecule has 0 aliphatic rings. The maximum absolute atomic E-state index is 13.0. The first-order chi connectivity index (χ1) is 15.7. The van der Waals surface area contributed by atoms with Crippen molar-refractivity contribution in [2.45, 2.75) is 24.9 Å². The third-order valence-electron chi connectivity index (χ3n) is 5.13. The van der Waals surface area contributed by atoms with Gasteiger partial charge in [-0.2, -0.15) is 4.31 Å². The van der Waals surface area contributed by atoms with Crippen molar-refractivity contribution in [1.82, 2.24) is 9.21 Å². The minimum absolute atomic E-state index is 0.0454. The normalized spacial score (nSPS) is 11.4. The van der Waals surface area contributed by atoms with Gasteiger partial charge in [0, 0.05) is 43.3 Å². The van der Waals surface area contributed by atoms with Crippen LogP contribution in [-0.4, -0.2) is 44.2 Å². The van der Waals surface area contributed by atoms with E-state index in [-0.39, 0.29) is 17.3 Å². The first kappa shape index (κ1) is 24.8. The molecular weight excluding hydrogens is 460 g/mol. The molecule has 3 aromatic rings. The minimum atomic E-state index is -3.75. The van der Waals surface area contributed by atoms with Crippen LogP contribution in [0.3, 0.4) is 0 Å². The zero-order valence-corrected chi connectivity index (χ0v) is 20.4. The molecule has 3 aromatic carbocycles. The average Bonchev–Trinajstić information content (AvgIpc) is 2.80. The van der Waals surface area contributed by atoms with Gasteiger partial charge in [-0.05, 0) is 55.0 Å². The van der Waals surface area contributed by atoms with Crippen LogP contribution in [0.4, 0.5) is 0 Å². The second kappa shape index (κ2) is 10.8. The Labute approximate surface area is 200 Å². The fraction of sp³-hybridized carbons (Fsp3) is 0.240. The Morgan fingerprint density at radius 2 is 1.61 bits per heavy atom. The van der Waals surface area contributed by atoms with Crippen LogP contribution in [0.25, 0.3) is 0 Å². The van der Waals surface area contributed by atoms with Crippen molar-refractivity contribution in [3.8, 4) is 5.75 Å². The molecule has 6 nitrogen and oxygen atoms in total.